The highest BCUT2D eigenvalue weighted by molar-refractivity contribution is 6.42. The first-order valence-corrected chi connectivity index (χ1v) is 10.2. The molecule has 1 heterocycles. The number of rotatable bonds is 5. The van der Waals surface area contributed by atoms with Crippen molar-refractivity contribution in [3.63, 3.8) is 0 Å². The van der Waals surface area contributed by atoms with Gasteiger partial charge in [0.15, 0.2) is 0 Å². The Morgan fingerprint density at radius 3 is 2.34 bits per heavy atom. The van der Waals surface area contributed by atoms with E-state index in [4.69, 9.17) is 27.9 Å². The van der Waals surface area contributed by atoms with E-state index in [0.29, 0.717) is 22.2 Å². The maximum absolute atomic E-state index is 13.5. The number of fused-ring (bicyclic) bond motifs is 1. The van der Waals surface area contributed by atoms with Crippen molar-refractivity contribution in [3.05, 3.63) is 68.7 Å². The second-order valence-electron chi connectivity index (χ2n) is 7.46. The second kappa shape index (κ2) is 9.46. The lowest BCUT2D eigenvalue weighted by atomic mass is 9.89. The van der Waals surface area contributed by atoms with Crippen molar-refractivity contribution in [1.82, 2.24) is 10.2 Å². The lowest BCUT2D eigenvalue weighted by Crippen LogP contribution is -2.55. The zero-order chi connectivity index (χ0) is 19.7. The van der Waals surface area contributed by atoms with Gasteiger partial charge in [0.1, 0.15) is 11.6 Å². The Bertz CT molecular complexity index is 857. The first-order chi connectivity index (χ1) is 13.5. The molecule has 0 spiro atoms. The van der Waals surface area contributed by atoms with Crippen molar-refractivity contribution < 1.29 is 13.5 Å². The summed E-state index contributed by atoms with van der Waals surface area (Å²) in [7, 11) is 0. The average molecular weight is 464 g/mol. The molecule has 2 aliphatic rings. The molecule has 4 rings (SSSR count). The van der Waals surface area contributed by atoms with Crippen LogP contribution in [0.2, 0.25) is 10.0 Å². The summed E-state index contributed by atoms with van der Waals surface area (Å²) in [6.07, 6.45) is 1.80. The number of nitrogens with zero attached hydrogens (tertiary/aromatic N) is 1. The molecule has 1 saturated heterocycles. The number of ether oxygens (including phenoxy) is 1. The largest absolute Gasteiger partial charge is 0.374 e. The van der Waals surface area contributed by atoms with Gasteiger partial charge in [0.2, 0.25) is 0 Å². The van der Waals surface area contributed by atoms with Crippen LogP contribution in [-0.2, 0) is 23.3 Å². The molecule has 0 radical (unpaired) electrons. The highest BCUT2D eigenvalue weighted by atomic mass is 35.5. The minimum atomic E-state index is -0.594. The van der Waals surface area contributed by atoms with E-state index >= 15 is 0 Å². The number of hydrogen-bond donors (Lipinski definition) is 1. The summed E-state index contributed by atoms with van der Waals surface area (Å²) in [6.45, 7) is 4.20. The van der Waals surface area contributed by atoms with Crippen molar-refractivity contribution in [3.8, 4) is 0 Å². The molecule has 1 N–H and O–H groups in total. The van der Waals surface area contributed by atoms with Crippen molar-refractivity contribution in [2.24, 2.45) is 0 Å². The van der Waals surface area contributed by atoms with Crippen LogP contribution >= 0.6 is 35.6 Å². The monoisotopic (exact) mass is 462 g/mol. The van der Waals surface area contributed by atoms with E-state index < -0.39 is 11.6 Å². The summed E-state index contributed by atoms with van der Waals surface area (Å²) in [5, 5.41) is 4.48. The number of piperazine rings is 1. The summed E-state index contributed by atoms with van der Waals surface area (Å²) >= 11 is 12.6. The van der Waals surface area contributed by atoms with E-state index in [1.807, 2.05) is 12.1 Å². The van der Waals surface area contributed by atoms with Crippen LogP contribution in [0.3, 0.4) is 0 Å². The lowest BCUT2D eigenvalue weighted by molar-refractivity contribution is -0.0241. The molecule has 0 bridgehead atoms. The molecule has 0 unspecified atom stereocenters. The van der Waals surface area contributed by atoms with Gasteiger partial charge in [-0.2, -0.15) is 0 Å². The van der Waals surface area contributed by atoms with E-state index in [2.05, 4.69) is 10.2 Å². The molecule has 0 aromatic heterocycles. The third kappa shape index (κ3) is 4.71. The predicted octanol–water partition coefficient (Wildman–Crippen LogP) is 4.96. The molecule has 0 saturated carbocycles. The number of hydrogen-bond acceptors (Lipinski definition) is 3. The predicted molar refractivity (Wildman–Crippen MR) is 114 cm³/mol. The SMILES string of the molecule is Cl.Fc1cc(F)cc(COC[C@]2(N3CCNCC3)CCc3cc(Cl)c(Cl)cc32)c1. The van der Waals surface area contributed by atoms with Gasteiger partial charge in [-0.15, -0.1) is 12.4 Å². The highest BCUT2D eigenvalue weighted by Gasteiger charge is 2.44. The summed E-state index contributed by atoms with van der Waals surface area (Å²) in [4.78, 5) is 2.44. The van der Waals surface area contributed by atoms with E-state index in [1.165, 1.54) is 17.7 Å². The average Bonchev–Trinajstić information content (AvgIpc) is 3.01. The quantitative estimate of drug-likeness (QED) is 0.678. The molecule has 158 valence electrons. The molecule has 1 fully saturated rings. The molecule has 29 heavy (non-hydrogen) atoms. The molecule has 1 atom stereocenters. The van der Waals surface area contributed by atoms with Crippen molar-refractivity contribution in [2.75, 3.05) is 32.8 Å². The Morgan fingerprint density at radius 2 is 1.66 bits per heavy atom. The summed E-state index contributed by atoms with van der Waals surface area (Å²) < 4.78 is 33.0. The smallest absolute Gasteiger partial charge is 0.126 e. The third-order valence-electron chi connectivity index (χ3n) is 5.71. The Labute approximate surface area is 185 Å². The Morgan fingerprint density at radius 1 is 1.00 bits per heavy atom. The highest BCUT2D eigenvalue weighted by Crippen LogP contribution is 2.45. The van der Waals surface area contributed by atoms with Crippen LogP contribution in [0.25, 0.3) is 0 Å². The fourth-order valence-corrected chi connectivity index (χ4v) is 4.75. The molecule has 2 aromatic rings. The topological polar surface area (TPSA) is 24.5 Å². The summed E-state index contributed by atoms with van der Waals surface area (Å²) in [5.41, 5.74) is 2.51. The van der Waals surface area contributed by atoms with Crippen LogP contribution in [-0.4, -0.2) is 37.7 Å². The Kier molecular flexibility index (Phi) is 7.41. The molecule has 8 heteroatoms. The minimum absolute atomic E-state index is 0. The molecule has 2 aromatic carbocycles. The number of halogens is 5. The number of nitrogens with one attached hydrogen (secondary N) is 1. The Balaban J connectivity index is 0.00000240. The number of benzene rings is 2. The molecule has 1 aliphatic heterocycles. The molecular weight excluding hydrogens is 441 g/mol. The van der Waals surface area contributed by atoms with Gasteiger partial charge in [-0.25, -0.2) is 8.78 Å². The van der Waals surface area contributed by atoms with Crippen LogP contribution < -0.4 is 5.32 Å². The standard InChI is InChI=1S/C21H22Cl2F2N2O.ClH/c22-19-9-15-1-2-21(18(15)11-20(19)23,27-5-3-26-4-6-27)13-28-12-14-7-16(24)10-17(25)8-14;/h7-11,26H,1-6,12-13H2;1H/t21-;/m1./s1. The zero-order valence-electron chi connectivity index (χ0n) is 15.8. The molecule has 3 nitrogen and oxygen atoms in total. The van der Waals surface area contributed by atoms with Crippen LogP contribution in [0.4, 0.5) is 8.78 Å². The van der Waals surface area contributed by atoms with E-state index in [-0.39, 0.29) is 24.6 Å². The summed E-state index contributed by atoms with van der Waals surface area (Å²) in [5.74, 6) is -1.19. The fraction of sp³-hybridized carbons (Fsp3) is 0.429. The normalized spacial score (nSPS) is 21.7. The van der Waals surface area contributed by atoms with Gasteiger partial charge in [-0.3, -0.25) is 4.90 Å². The van der Waals surface area contributed by atoms with Gasteiger partial charge in [0.05, 0.1) is 28.8 Å². The minimum Gasteiger partial charge on any atom is -0.374 e. The zero-order valence-corrected chi connectivity index (χ0v) is 18.1. The van der Waals surface area contributed by atoms with Crippen LogP contribution in [0.1, 0.15) is 23.1 Å². The third-order valence-corrected chi connectivity index (χ3v) is 6.43. The van der Waals surface area contributed by atoms with Gasteiger partial charge in [0.25, 0.3) is 0 Å². The van der Waals surface area contributed by atoms with Gasteiger partial charge < -0.3 is 10.1 Å². The molecular formula is C21H23Cl3F2N2O. The fourth-order valence-electron chi connectivity index (χ4n) is 4.40. The van der Waals surface area contributed by atoms with E-state index in [1.54, 1.807) is 0 Å². The first-order valence-electron chi connectivity index (χ1n) is 9.45. The van der Waals surface area contributed by atoms with E-state index in [9.17, 15) is 8.78 Å². The maximum atomic E-state index is 13.5. The van der Waals surface area contributed by atoms with Crippen molar-refractivity contribution in [2.45, 2.75) is 25.0 Å². The van der Waals surface area contributed by atoms with Gasteiger partial charge in [-0.1, -0.05) is 23.2 Å². The van der Waals surface area contributed by atoms with Gasteiger partial charge in [-0.05, 0) is 53.8 Å². The second-order valence-corrected chi connectivity index (χ2v) is 8.28. The van der Waals surface area contributed by atoms with Gasteiger partial charge >= 0.3 is 0 Å². The van der Waals surface area contributed by atoms with Crippen LogP contribution in [0.5, 0.6) is 0 Å². The lowest BCUT2D eigenvalue weighted by Gasteiger charge is -2.44. The van der Waals surface area contributed by atoms with E-state index in [0.717, 1.165) is 50.7 Å². The van der Waals surface area contributed by atoms with Gasteiger partial charge in [0, 0.05) is 32.2 Å². The molecule has 0 amide bonds. The maximum Gasteiger partial charge on any atom is 0.126 e. The Hall–Kier alpha value is -0.950. The first kappa shape index (κ1) is 22.7. The van der Waals surface area contributed by atoms with Crippen LogP contribution in [0, 0.1) is 11.6 Å². The number of aryl methyl sites for hydroxylation is 1. The summed E-state index contributed by atoms with van der Waals surface area (Å²) in [6, 6.07) is 7.38. The van der Waals surface area contributed by atoms with Crippen molar-refractivity contribution >= 4 is 35.6 Å². The van der Waals surface area contributed by atoms with Crippen molar-refractivity contribution in [1.29, 1.82) is 0 Å². The van der Waals surface area contributed by atoms with Crippen LogP contribution in [0.15, 0.2) is 30.3 Å². The molecule has 1 aliphatic carbocycles.